The summed E-state index contributed by atoms with van der Waals surface area (Å²) < 4.78 is 23.7. The maximum absolute atomic E-state index is 12.2. The van der Waals surface area contributed by atoms with Gasteiger partial charge in [0, 0.05) is 26.7 Å². The molecule has 0 saturated heterocycles. The van der Waals surface area contributed by atoms with Crippen molar-refractivity contribution in [2.24, 2.45) is 4.99 Å². The van der Waals surface area contributed by atoms with Crippen molar-refractivity contribution in [3.05, 3.63) is 42.0 Å². The van der Waals surface area contributed by atoms with E-state index in [1.165, 1.54) is 11.1 Å². The van der Waals surface area contributed by atoms with Crippen LogP contribution in [0.1, 0.15) is 32.8 Å². The average molecular weight is 491 g/mol. The van der Waals surface area contributed by atoms with Crippen molar-refractivity contribution < 1.29 is 8.42 Å². The molecule has 0 aliphatic carbocycles. The van der Waals surface area contributed by atoms with Gasteiger partial charge in [-0.1, -0.05) is 36.4 Å². The van der Waals surface area contributed by atoms with Crippen molar-refractivity contribution in [2.45, 2.75) is 31.9 Å². The van der Waals surface area contributed by atoms with Gasteiger partial charge in [-0.25, -0.2) is 8.42 Å². The maximum atomic E-state index is 12.2. The molecule has 7 heteroatoms. The van der Waals surface area contributed by atoms with E-state index in [0.29, 0.717) is 6.54 Å². The molecule has 5 nitrogen and oxygen atoms in total. The number of aliphatic imine (C=N–C) groups is 1. The van der Waals surface area contributed by atoms with Crippen LogP contribution in [0, 0.1) is 0 Å². The third kappa shape index (κ3) is 5.97. The van der Waals surface area contributed by atoms with Crippen LogP contribution >= 0.6 is 24.0 Å². The molecule has 0 bridgehead atoms. The van der Waals surface area contributed by atoms with Crippen LogP contribution in [0.2, 0.25) is 0 Å². The Morgan fingerprint density at radius 3 is 2.38 bits per heavy atom. The lowest BCUT2D eigenvalue weighted by atomic mass is 10.00. The van der Waals surface area contributed by atoms with Crippen LogP contribution in [0.4, 0.5) is 0 Å². The Labute approximate surface area is 174 Å². The highest BCUT2D eigenvalue weighted by Crippen LogP contribution is 2.22. The quantitative estimate of drug-likeness (QED) is 0.400. The van der Waals surface area contributed by atoms with E-state index in [9.17, 15) is 8.42 Å². The first-order chi connectivity index (χ1) is 11.7. The highest BCUT2D eigenvalue weighted by atomic mass is 127. The summed E-state index contributed by atoms with van der Waals surface area (Å²) in [4.78, 5) is 6.45. The monoisotopic (exact) mass is 491 g/mol. The molecule has 0 unspecified atom stereocenters. The molecule has 0 aromatic heterocycles. The van der Waals surface area contributed by atoms with Crippen molar-refractivity contribution in [3.63, 3.8) is 0 Å². The van der Waals surface area contributed by atoms with Gasteiger partial charge in [0.25, 0.3) is 0 Å². The molecule has 1 heterocycles. The van der Waals surface area contributed by atoms with Crippen LogP contribution < -0.4 is 5.32 Å². The fourth-order valence-electron chi connectivity index (χ4n) is 2.71. The van der Waals surface area contributed by atoms with Crippen molar-refractivity contribution in [1.82, 2.24) is 10.2 Å². The second-order valence-electron chi connectivity index (χ2n) is 7.20. The molecule has 2 rings (SSSR count). The van der Waals surface area contributed by atoms with Gasteiger partial charge < -0.3 is 10.2 Å². The summed E-state index contributed by atoms with van der Waals surface area (Å²) in [5, 5.41) is 3.19. The molecular weight excluding hydrogens is 461 g/mol. The van der Waals surface area contributed by atoms with Crippen molar-refractivity contribution in [3.8, 4) is 0 Å². The Hall–Kier alpha value is -1.09. The lowest BCUT2D eigenvalue weighted by Gasteiger charge is -2.30. The lowest BCUT2D eigenvalue weighted by Crippen LogP contribution is -2.45. The first kappa shape index (κ1) is 23.0. The zero-order valence-corrected chi connectivity index (χ0v) is 19.2. The minimum Gasteiger partial charge on any atom is -0.355 e. The highest BCUT2D eigenvalue weighted by molar-refractivity contribution is 14.0. The third-order valence-electron chi connectivity index (χ3n) is 4.45. The summed E-state index contributed by atoms with van der Waals surface area (Å²) in [5.74, 6) is 0.863. The van der Waals surface area contributed by atoms with E-state index in [0.717, 1.165) is 25.5 Å². The smallest absolute Gasteiger partial charge is 0.193 e. The van der Waals surface area contributed by atoms with Crippen LogP contribution in [0.5, 0.6) is 0 Å². The second kappa shape index (κ2) is 9.73. The maximum Gasteiger partial charge on any atom is 0.193 e. The number of sulfone groups is 1. The molecule has 0 radical (unpaired) electrons. The number of guanidine groups is 1. The summed E-state index contributed by atoms with van der Waals surface area (Å²) in [5.41, 5.74) is 2.61. The van der Waals surface area contributed by atoms with E-state index in [4.69, 9.17) is 0 Å². The number of nitrogens with one attached hydrogen (secondary N) is 1. The molecule has 0 fully saturated rings. The number of hydrogen-bond acceptors (Lipinski definition) is 3. The zero-order chi connectivity index (χ0) is 18.5. The molecule has 0 saturated carbocycles. The van der Waals surface area contributed by atoms with Gasteiger partial charge in [0.1, 0.15) is 0 Å². The Bertz CT molecular complexity index is 738. The van der Waals surface area contributed by atoms with Gasteiger partial charge in [-0.3, -0.25) is 4.99 Å². The zero-order valence-electron chi connectivity index (χ0n) is 16.0. The van der Waals surface area contributed by atoms with Gasteiger partial charge in [0.15, 0.2) is 15.8 Å². The van der Waals surface area contributed by atoms with Gasteiger partial charge in [0.2, 0.25) is 0 Å². The standard InChI is InChI=1S/C19H29N3O2S.HI/c1-19(2,3)25(23,24)15-12-21-18(20-4)22-13-10-17(11-14-22)16-8-6-5-7-9-16;/h5-10H,11-15H2,1-4H3,(H,20,21);1H. The summed E-state index contributed by atoms with van der Waals surface area (Å²) in [7, 11) is -1.39. The first-order valence-electron chi connectivity index (χ1n) is 8.67. The van der Waals surface area contributed by atoms with E-state index in [2.05, 4.69) is 45.6 Å². The van der Waals surface area contributed by atoms with Crippen LogP contribution in [-0.2, 0) is 9.84 Å². The molecule has 1 aromatic rings. The van der Waals surface area contributed by atoms with Crippen molar-refractivity contribution in [2.75, 3.05) is 32.4 Å². The normalized spacial score (nSPS) is 15.9. The number of benzene rings is 1. The van der Waals surface area contributed by atoms with E-state index in [-0.39, 0.29) is 29.7 Å². The molecule has 0 spiro atoms. The molecule has 0 atom stereocenters. The van der Waals surface area contributed by atoms with E-state index in [1.807, 2.05) is 6.07 Å². The van der Waals surface area contributed by atoms with Crippen molar-refractivity contribution >= 4 is 45.3 Å². The van der Waals surface area contributed by atoms with E-state index >= 15 is 0 Å². The minimum atomic E-state index is -3.13. The summed E-state index contributed by atoms with van der Waals surface area (Å²) in [6, 6.07) is 10.4. The number of rotatable bonds is 4. The minimum absolute atomic E-state index is 0. The van der Waals surface area contributed by atoms with Gasteiger partial charge in [-0.15, -0.1) is 24.0 Å². The predicted molar refractivity (Wildman–Crippen MR) is 121 cm³/mol. The fraction of sp³-hybridized carbons (Fsp3) is 0.526. The van der Waals surface area contributed by atoms with Gasteiger partial charge in [0.05, 0.1) is 10.5 Å². The van der Waals surface area contributed by atoms with E-state index in [1.54, 1.807) is 27.8 Å². The van der Waals surface area contributed by atoms with Gasteiger partial charge in [-0.2, -0.15) is 0 Å². The van der Waals surface area contributed by atoms with Crippen LogP contribution in [0.3, 0.4) is 0 Å². The summed E-state index contributed by atoms with van der Waals surface area (Å²) in [6.07, 6.45) is 3.17. The Morgan fingerprint density at radius 2 is 1.88 bits per heavy atom. The third-order valence-corrected chi connectivity index (χ3v) is 7.06. The summed E-state index contributed by atoms with van der Waals surface area (Å²) >= 11 is 0. The molecule has 1 N–H and O–H groups in total. The number of nitrogens with zero attached hydrogens (tertiary/aromatic N) is 2. The first-order valence-corrected chi connectivity index (χ1v) is 10.3. The lowest BCUT2D eigenvalue weighted by molar-refractivity contribution is 0.441. The SMILES string of the molecule is CN=C(NCCS(=O)(=O)C(C)(C)C)N1CC=C(c2ccccc2)CC1.I. The largest absolute Gasteiger partial charge is 0.355 e. The second-order valence-corrected chi connectivity index (χ2v) is 10.1. The Balaban J connectivity index is 0.00000338. The Kier molecular flexibility index (Phi) is 8.59. The van der Waals surface area contributed by atoms with Crippen LogP contribution in [0.25, 0.3) is 5.57 Å². The fourth-order valence-corrected chi connectivity index (χ4v) is 3.69. The molecule has 26 heavy (non-hydrogen) atoms. The topological polar surface area (TPSA) is 61.8 Å². The number of halogens is 1. The molecule has 146 valence electrons. The Morgan fingerprint density at radius 1 is 1.23 bits per heavy atom. The number of hydrogen-bond donors (Lipinski definition) is 1. The van der Waals surface area contributed by atoms with Crippen LogP contribution in [0.15, 0.2) is 41.4 Å². The van der Waals surface area contributed by atoms with Gasteiger partial charge >= 0.3 is 0 Å². The summed E-state index contributed by atoms with van der Waals surface area (Å²) in [6.45, 7) is 7.22. The highest BCUT2D eigenvalue weighted by Gasteiger charge is 2.28. The molecule has 1 aromatic carbocycles. The molecule has 0 amide bonds. The van der Waals surface area contributed by atoms with Crippen LogP contribution in [-0.4, -0.2) is 56.5 Å². The predicted octanol–water partition coefficient (Wildman–Crippen LogP) is 3.18. The van der Waals surface area contributed by atoms with Gasteiger partial charge in [-0.05, 0) is 38.3 Å². The average Bonchev–Trinajstić information content (AvgIpc) is 2.59. The molecular formula is C19H30IN3O2S. The van der Waals surface area contributed by atoms with E-state index < -0.39 is 14.6 Å². The molecule has 1 aliphatic rings. The molecule has 1 aliphatic heterocycles. The van der Waals surface area contributed by atoms with Crippen molar-refractivity contribution in [1.29, 1.82) is 0 Å².